The van der Waals surface area contributed by atoms with Crippen LogP contribution < -0.4 is 4.72 Å². The Bertz CT molecular complexity index is 1280. The van der Waals surface area contributed by atoms with Crippen LogP contribution in [0.3, 0.4) is 0 Å². The van der Waals surface area contributed by atoms with E-state index in [0.717, 1.165) is 16.3 Å². The number of sulfonamides is 1. The van der Waals surface area contributed by atoms with Gasteiger partial charge in [0.05, 0.1) is 10.6 Å². The predicted molar refractivity (Wildman–Crippen MR) is 109 cm³/mol. The number of aryl methyl sites for hydroxylation is 1. The average molecular weight is 434 g/mol. The van der Waals surface area contributed by atoms with Crippen molar-refractivity contribution in [1.82, 2.24) is 10.1 Å². The van der Waals surface area contributed by atoms with Gasteiger partial charge >= 0.3 is 0 Å². The lowest BCUT2D eigenvalue weighted by Gasteiger charge is -2.12. The van der Waals surface area contributed by atoms with E-state index in [1.54, 1.807) is 31.2 Å². The normalized spacial score (nSPS) is 11.7. The number of benzene rings is 3. The molecule has 4 aromatic rings. The number of fused-ring (bicyclic) bond motifs is 1. The fourth-order valence-electron chi connectivity index (χ4n) is 2.82. The van der Waals surface area contributed by atoms with Crippen molar-refractivity contribution in [3.8, 4) is 11.4 Å². The van der Waals surface area contributed by atoms with Crippen LogP contribution in [0.2, 0.25) is 10.0 Å². The first-order valence-corrected chi connectivity index (χ1v) is 10.4. The maximum Gasteiger partial charge on any atom is 0.262 e. The third kappa shape index (κ3) is 3.69. The molecule has 1 N–H and O–H groups in total. The number of anilines is 1. The Hall–Kier alpha value is -2.61. The van der Waals surface area contributed by atoms with Crippen molar-refractivity contribution >= 4 is 49.7 Å². The van der Waals surface area contributed by atoms with E-state index in [9.17, 15) is 8.42 Å². The van der Waals surface area contributed by atoms with Crippen LogP contribution >= 0.6 is 23.2 Å². The fraction of sp³-hybridized carbons (Fsp3) is 0.0526. The molecule has 0 spiro atoms. The van der Waals surface area contributed by atoms with Gasteiger partial charge < -0.3 is 4.52 Å². The first kappa shape index (κ1) is 18.7. The van der Waals surface area contributed by atoms with E-state index in [4.69, 9.17) is 27.7 Å². The minimum absolute atomic E-state index is 0.0131. The third-order valence-corrected chi connectivity index (χ3v) is 5.84. The van der Waals surface area contributed by atoms with E-state index in [1.165, 1.54) is 18.2 Å². The second-order valence-corrected chi connectivity index (χ2v) is 8.64. The van der Waals surface area contributed by atoms with Gasteiger partial charge in [-0.15, -0.1) is 0 Å². The molecular weight excluding hydrogens is 421 g/mol. The summed E-state index contributed by atoms with van der Waals surface area (Å²) in [7, 11) is -3.87. The molecular formula is C19H13Cl2N3O3S. The Kier molecular flexibility index (Phi) is 4.74. The lowest BCUT2D eigenvalue weighted by atomic mass is 10.1. The number of aromatic nitrogens is 2. The quantitative estimate of drug-likeness (QED) is 0.471. The molecule has 0 radical (unpaired) electrons. The molecule has 4 rings (SSSR count). The van der Waals surface area contributed by atoms with Crippen LogP contribution in [0.1, 0.15) is 5.89 Å². The molecule has 0 aliphatic rings. The summed E-state index contributed by atoms with van der Waals surface area (Å²) in [6, 6.07) is 15.0. The van der Waals surface area contributed by atoms with Crippen molar-refractivity contribution < 1.29 is 12.9 Å². The number of halogens is 2. The minimum Gasteiger partial charge on any atom is -0.339 e. The highest BCUT2D eigenvalue weighted by Crippen LogP contribution is 2.30. The molecule has 1 aromatic heterocycles. The molecule has 0 atom stereocenters. The topological polar surface area (TPSA) is 85.1 Å². The van der Waals surface area contributed by atoms with Crippen LogP contribution in [-0.2, 0) is 10.0 Å². The lowest BCUT2D eigenvalue weighted by molar-refractivity contribution is 0.394. The molecule has 0 saturated heterocycles. The Morgan fingerprint density at radius 2 is 1.75 bits per heavy atom. The molecule has 0 bridgehead atoms. The maximum atomic E-state index is 12.8. The van der Waals surface area contributed by atoms with Gasteiger partial charge in [-0.25, -0.2) is 8.42 Å². The molecule has 28 heavy (non-hydrogen) atoms. The molecule has 0 aliphatic heterocycles. The van der Waals surface area contributed by atoms with Crippen molar-refractivity contribution in [2.45, 2.75) is 11.8 Å². The average Bonchev–Trinajstić information content (AvgIpc) is 3.07. The molecule has 0 saturated carbocycles. The first-order chi connectivity index (χ1) is 13.3. The number of hydrogen-bond acceptors (Lipinski definition) is 5. The number of nitrogens with zero attached hydrogens (tertiary/aromatic N) is 2. The molecule has 142 valence electrons. The summed E-state index contributed by atoms with van der Waals surface area (Å²) in [5.41, 5.74) is 1.20. The summed E-state index contributed by atoms with van der Waals surface area (Å²) in [4.78, 5) is 4.20. The Labute approximate surface area is 171 Å². The summed E-state index contributed by atoms with van der Waals surface area (Å²) in [5.74, 6) is 0.941. The minimum atomic E-state index is -3.87. The molecule has 9 heteroatoms. The molecule has 6 nitrogen and oxygen atoms in total. The van der Waals surface area contributed by atoms with Crippen LogP contribution in [0, 0.1) is 6.92 Å². The smallest absolute Gasteiger partial charge is 0.262 e. The summed E-state index contributed by atoms with van der Waals surface area (Å²) < 4.78 is 33.2. The van der Waals surface area contributed by atoms with Gasteiger partial charge in [-0.1, -0.05) is 52.6 Å². The number of nitrogens with one attached hydrogen (secondary N) is 1. The predicted octanol–water partition coefficient (Wildman–Crippen LogP) is 5.31. The second-order valence-electron chi connectivity index (χ2n) is 6.09. The van der Waals surface area contributed by atoms with Crippen LogP contribution in [0.5, 0.6) is 0 Å². The zero-order chi connectivity index (χ0) is 19.9. The van der Waals surface area contributed by atoms with E-state index >= 15 is 0 Å². The van der Waals surface area contributed by atoms with Gasteiger partial charge in [-0.2, -0.15) is 4.98 Å². The van der Waals surface area contributed by atoms with Crippen molar-refractivity contribution in [3.63, 3.8) is 0 Å². The molecule has 3 aromatic carbocycles. The van der Waals surface area contributed by atoms with Crippen molar-refractivity contribution in [2.75, 3.05) is 4.72 Å². The first-order valence-electron chi connectivity index (χ1n) is 8.14. The van der Waals surface area contributed by atoms with E-state index in [0.29, 0.717) is 17.4 Å². The summed E-state index contributed by atoms with van der Waals surface area (Å²) >= 11 is 11.9. The number of rotatable bonds is 4. The Morgan fingerprint density at radius 1 is 1.00 bits per heavy atom. The second kappa shape index (κ2) is 7.09. The highest BCUT2D eigenvalue weighted by atomic mass is 35.5. The largest absolute Gasteiger partial charge is 0.339 e. The highest BCUT2D eigenvalue weighted by Gasteiger charge is 2.17. The van der Waals surface area contributed by atoms with Crippen LogP contribution in [0.25, 0.3) is 22.2 Å². The zero-order valence-corrected chi connectivity index (χ0v) is 16.8. The molecule has 0 fully saturated rings. The fourth-order valence-corrected chi connectivity index (χ4v) is 4.62. The molecule has 1 heterocycles. The van der Waals surface area contributed by atoms with Gasteiger partial charge in [-0.05, 0) is 35.7 Å². The van der Waals surface area contributed by atoms with Gasteiger partial charge in [0.25, 0.3) is 10.0 Å². The van der Waals surface area contributed by atoms with E-state index in [2.05, 4.69) is 14.9 Å². The van der Waals surface area contributed by atoms with Gasteiger partial charge in [-0.3, -0.25) is 4.72 Å². The molecule has 0 unspecified atom stereocenters. The van der Waals surface area contributed by atoms with Crippen LogP contribution in [0.4, 0.5) is 5.69 Å². The lowest BCUT2D eigenvalue weighted by Crippen LogP contribution is -2.13. The van der Waals surface area contributed by atoms with Crippen LogP contribution in [0.15, 0.2) is 64.0 Å². The van der Waals surface area contributed by atoms with Gasteiger partial charge in [0.1, 0.15) is 0 Å². The van der Waals surface area contributed by atoms with Crippen LogP contribution in [-0.4, -0.2) is 18.6 Å². The summed E-state index contributed by atoms with van der Waals surface area (Å²) in [6.07, 6.45) is 0. The Morgan fingerprint density at radius 3 is 2.43 bits per heavy atom. The molecule has 0 amide bonds. The summed E-state index contributed by atoms with van der Waals surface area (Å²) in [5, 5.41) is 5.94. The van der Waals surface area contributed by atoms with E-state index in [-0.39, 0.29) is 14.9 Å². The van der Waals surface area contributed by atoms with E-state index in [1.807, 2.05) is 12.1 Å². The Balaban J connectivity index is 1.74. The zero-order valence-electron chi connectivity index (χ0n) is 14.5. The monoisotopic (exact) mass is 433 g/mol. The van der Waals surface area contributed by atoms with Gasteiger partial charge in [0.2, 0.25) is 11.7 Å². The third-order valence-electron chi connectivity index (χ3n) is 4.06. The van der Waals surface area contributed by atoms with Gasteiger partial charge in [0.15, 0.2) is 0 Å². The van der Waals surface area contributed by atoms with E-state index < -0.39 is 10.0 Å². The molecule has 0 aliphatic carbocycles. The van der Waals surface area contributed by atoms with Crippen molar-refractivity contribution in [2.24, 2.45) is 0 Å². The van der Waals surface area contributed by atoms with Crippen molar-refractivity contribution in [3.05, 3.63) is 70.5 Å². The van der Waals surface area contributed by atoms with Crippen molar-refractivity contribution in [1.29, 1.82) is 0 Å². The maximum absolute atomic E-state index is 12.8. The SMILES string of the molecule is Cc1nc(-c2ccc3c(NS(=O)(=O)c4cc(Cl)cc(Cl)c4)cccc3c2)no1. The standard InChI is InChI=1S/C19H13Cl2N3O3S/c1-11-22-19(23-27-11)13-5-6-17-12(7-13)3-2-4-18(17)24-28(25,26)16-9-14(20)8-15(21)10-16/h2-10,24H,1H3. The number of hydrogen-bond donors (Lipinski definition) is 1. The summed E-state index contributed by atoms with van der Waals surface area (Å²) in [6.45, 7) is 1.71. The highest BCUT2D eigenvalue weighted by molar-refractivity contribution is 7.92. The van der Waals surface area contributed by atoms with Gasteiger partial charge in [0, 0.05) is 27.9 Å².